The van der Waals surface area contributed by atoms with Gasteiger partial charge >= 0.3 is 6.01 Å². The molecule has 2 aromatic heterocycles. The number of amides is 1. The number of rotatable bonds is 7. The SMILES string of the molecule is CCN(c1ccccc1)S(=O)(=O)c1ccc(C(=O)Nc2nnc(-c3ccc(Br)o3)o2)cc1. The molecule has 0 atom stereocenters. The number of para-hydroxylation sites is 1. The number of aromatic nitrogens is 2. The molecule has 0 radical (unpaired) electrons. The first kappa shape index (κ1) is 21.8. The van der Waals surface area contributed by atoms with Gasteiger partial charge < -0.3 is 8.83 Å². The van der Waals surface area contributed by atoms with Gasteiger partial charge in [-0.1, -0.05) is 23.3 Å². The fourth-order valence-electron chi connectivity index (χ4n) is 2.96. The van der Waals surface area contributed by atoms with Crippen LogP contribution in [0.15, 0.2) is 85.1 Å². The molecule has 4 rings (SSSR count). The van der Waals surface area contributed by atoms with Gasteiger partial charge in [-0.2, -0.15) is 0 Å². The Hall–Kier alpha value is -3.44. The lowest BCUT2D eigenvalue weighted by Crippen LogP contribution is -2.30. The van der Waals surface area contributed by atoms with E-state index in [2.05, 4.69) is 31.4 Å². The molecule has 0 spiro atoms. The topological polar surface area (TPSA) is 119 Å². The van der Waals surface area contributed by atoms with Gasteiger partial charge in [-0.15, -0.1) is 5.10 Å². The summed E-state index contributed by atoms with van der Waals surface area (Å²) in [6, 6.07) is 17.6. The Balaban J connectivity index is 1.49. The standard InChI is InChI=1S/C21H17BrN4O5S/c1-2-26(15-6-4-3-5-7-15)32(28,29)16-10-8-14(9-11-16)19(27)23-21-25-24-20(31-21)17-12-13-18(22)30-17/h3-13H,2H2,1H3,(H,23,25,27). The molecule has 0 saturated heterocycles. The zero-order chi connectivity index (χ0) is 22.7. The number of carbonyl (C=O) groups excluding carboxylic acids is 1. The summed E-state index contributed by atoms with van der Waals surface area (Å²) in [7, 11) is -3.78. The van der Waals surface area contributed by atoms with E-state index in [1.165, 1.54) is 28.6 Å². The van der Waals surface area contributed by atoms with Crippen LogP contribution in [0.2, 0.25) is 0 Å². The minimum atomic E-state index is -3.78. The molecule has 0 bridgehead atoms. The molecule has 1 N–H and O–H groups in total. The van der Waals surface area contributed by atoms with E-state index in [1.54, 1.807) is 43.3 Å². The van der Waals surface area contributed by atoms with Crippen LogP contribution >= 0.6 is 15.9 Å². The number of furan rings is 1. The Morgan fingerprint density at radius 2 is 1.72 bits per heavy atom. The van der Waals surface area contributed by atoms with Crippen LogP contribution in [-0.4, -0.2) is 31.1 Å². The van der Waals surface area contributed by atoms with Gasteiger partial charge in [-0.05, 0) is 71.4 Å². The summed E-state index contributed by atoms with van der Waals surface area (Å²) in [6.45, 7) is 2.02. The van der Waals surface area contributed by atoms with Crippen LogP contribution in [0.4, 0.5) is 11.7 Å². The third-order valence-corrected chi connectivity index (χ3v) is 6.81. The van der Waals surface area contributed by atoms with E-state index >= 15 is 0 Å². The molecule has 2 heterocycles. The number of carbonyl (C=O) groups is 1. The number of nitrogens with zero attached hydrogens (tertiary/aromatic N) is 3. The molecule has 4 aromatic rings. The number of sulfonamides is 1. The third-order valence-electron chi connectivity index (χ3n) is 4.47. The van der Waals surface area contributed by atoms with E-state index in [1.807, 2.05) is 6.07 Å². The van der Waals surface area contributed by atoms with Crippen molar-refractivity contribution in [3.63, 3.8) is 0 Å². The minimum absolute atomic E-state index is 0.0724. The van der Waals surface area contributed by atoms with Gasteiger partial charge in [0.1, 0.15) is 0 Å². The Kier molecular flexibility index (Phi) is 6.10. The van der Waals surface area contributed by atoms with Gasteiger partial charge in [0.15, 0.2) is 10.4 Å². The van der Waals surface area contributed by atoms with Crippen LogP contribution in [-0.2, 0) is 10.0 Å². The molecule has 9 nitrogen and oxygen atoms in total. The number of halogens is 1. The second-order valence-corrected chi connectivity index (χ2v) is 9.14. The number of benzene rings is 2. The van der Waals surface area contributed by atoms with Crippen LogP contribution < -0.4 is 9.62 Å². The molecule has 0 saturated carbocycles. The van der Waals surface area contributed by atoms with E-state index in [0.29, 0.717) is 16.1 Å². The Bertz CT molecular complexity index is 1330. The van der Waals surface area contributed by atoms with E-state index in [0.717, 1.165) is 0 Å². The summed E-state index contributed by atoms with van der Waals surface area (Å²) in [6.07, 6.45) is 0. The Labute approximate surface area is 192 Å². The lowest BCUT2D eigenvalue weighted by atomic mass is 10.2. The molecule has 1 amide bonds. The molecule has 0 aliphatic carbocycles. The highest BCUT2D eigenvalue weighted by Crippen LogP contribution is 2.26. The van der Waals surface area contributed by atoms with Gasteiger partial charge in [0.25, 0.3) is 21.8 Å². The lowest BCUT2D eigenvalue weighted by molar-refractivity contribution is 0.102. The molecule has 11 heteroatoms. The molecule has 0 aliphatic heterocycles. The van der Waals surface area contributed by atoms with E-state index in [9.17, 15) is 13.2 Å². The maximum absolute atomic E-state index is 13.1. The van der Waals surface area contributed by atoms with Crippen molar-refractivity contribution < 1.29 is 22.0 Å². The summed E-state index contributed by atoms with van der Waals surface area (Å²) in [5.74, 6) is -0.0773. The fraction of sp³-hybridized carbons (Fsp3) is 0.0952. The molecule has 0 aliphatic rings. The largest absolute Gasteiger partial charge is 0.444 e. The maximum Gasteiger partial charge on any atom is 0.322 e. The molecule has 164 valence electrons. The lowest BCUT2D eigenvalue weighted by Gasteiger charge is -2.22. The highest BCUT2D eigenvalue weighted by Gasteiger charge is 2.24. The van der Waals surface area contributed by atoms with Gasteiger partial charge in [0.2, 0.25) is 0 Å². The highest BCUT2D eigenvalue weighted by atomic mass is 79.9. The number of hydrogen-bond donors (Lipinski definition) is 1. The number of hydrogen-bond acceptors (Lipinski definition) is 7. The van der Waals surface area contributed by atoms with Crippen molar-refractivity contribution in [3.05, 3.63) is 77.0 Å². The molecular formula is C21H17BrN4O5S. The second kappa shape index (κ2) is 8.97. The summed E-state index contributed by atoms with van der Waals surface area (Å²) in [5, 5.41) is 10.1. The van der Waals surface area contributed by atoms with E-state index < -0.39 is 15.9 Å². The zero-order valence-corrected chi connectivity index (χ0v) is 19.1. The molecule has 0 fully saturated rings. The molecule has 2 aromatic carbocycles. The Morgan fingerprint density at radius 1 is 1.00 bits per heavy atom. The average molecular weight is 517 g/mol. The summed E-state index contributed by atoms with van der Waals surface area (Å²) >= 11 is 3.18. The maximum atomic E-state index is 13.1. The molecular weight excluding hydrogens is 500 g/mol. The van der Waals surface area contributed by atoms with Crippen molar-refractivity contribution in [1.29, 1.82) is 0 Å². The van der Waals surface area contributed by atoms with Crippen LogP contribution in [0.3, 0.4) is 0 Å². The quantitative estimate of drug-likeness (QED) is 0.382. The normalized spacial score (nSPS) is 11.3. The van der Waals surface area contributed by atoms with Crippen LogP contribution in [0.1, 0.15) is 17.3 Å². The van der Waals surface area contributed by atoms with Crippen molar-refractivity contribution in [2.75, 3.05) is 16.2 Å². The van der Waals surface area contributed by atoms with Crippen LogP contribution in [0.5, 0.6) is 0 Å². The van der Waals surface area contributed by atoms with Crippen molar-refractivity contribution >= 4 is 43.6 Å². The predicted molar refractivity (Wildman–Crippen MR) is 121 cm³/mol. The highest BCUT2D eigenvalue weighted by molar-refractivity contribution is 9.10. The first-order valence-corrected chi connectivity index (χ1v) is 11.7. The minimum Gasteiger partial charge on any atom is -0.444 e. The van der Waals surface area contributed by atoms with Crippen molar-refractivity contribution in [2.24, 2.45) is 0 Å². The fourth-order valence-corrected chi connectivity index (χ4v) is 4.74. The van der Waals surface area contributed by atoms with Gasteiger partial charge in [-0.3, -0.25) is 14.4 Å². The van der Waals surface area contributed by atoms with Crippen molar-refractivity contribution in [2.45, 2.75) is 11.8 Å². The predicted octanol–water partition coefficient (Wildman–Crippen LogP) is 4.56. The third kappa shape index (κ3) is 4.43. The summed E-state index contributed by atoms with van der Waals surface area (Å²) in [5.41, 5.74) is 0.791. The smallest absolute Gasteiger partial charge is 0.322 e. The summed E-state index contributed by atoms with van der Waals surface area (Å²) in [4.78, 5) is 12.6. The van der Waals surface area contributed by atoms with Crippen molar-refractivity contribution in [1.82, 2.24) is 10.2 Å². The zero-order valence-electron chi connectivity index (χ0n) is 16.7. The first-order valence-electron chi connectivity index (χ1n) is 9.47. The second-order valence-electron chi connectivity index (χ2n) is 6.50. The number of nitrogens with one attached hydrogen (secondary N) is 1. The Morgan fingerprint density at radius 3 is 2.34 bits per heavy atom. The van der Waals surface area contributed by atoms with Gasteiger partial charge in [0.05, 0.1) is 10.6 Å². The van der Waals surface area contributed by atoms with Crippen molar-refractivity contribution in [3.8, 4) is 11.7 Å². The average Bonchev–Trinajstić information content (AvgIpc) is 3.44. The first-order chi connectivity index (χ1) is 15.4. The molecule has 0 unspecified atom stereocenters. The van der Waals surface area contributed by atoms with Crippen LogP contribution in [0, 0.1) is 0 Å². The van der Waals surface area contributed by atoms with E-state index in [-0.39, 0.29) is 28.9 Å². The van der Waals surface area contributed by atoms with Gasteiger partial charge in [0, 0.05) is 12.1 Å². The molecule has 32 heavy (non-hydrogen) atoms. The van der Waals surface area contributed by atoms with Gasteiger partial charge in [-0.25, -0.2) is 8.42 Å². The number of anilines is 2. The monoisotopic (exact) mass is 516 g/mol. The summed E-state index contributed by atoms with van der Waals surface area (Å²) < 4.78 is 38.6. The van der Waals surface area contributed by atoms with E-state index in [4.69, 9.17) is 8.83 Å². The van der Waals surface area contributed by atoms with Crippen LogP contribution in [0.25, 0.3) is 11.7 Å².